The largest absolute Gasteiger partial charge is 0.490 e. The highest BCUT2D eigenvalue weighted by Crippen LogP contribution is 2.30. The van der Waals surface area contributed by atoms with Crippen LogP contribution in [0.25, 0.3) is 0 Å². The summed E-state index contributed by atoms with van der Waals surface area (Å²) in [6, 6.07) is 9.64. The number of aromatic nitrogens is 1. The highest BCUT2D eigenvalue weighted by molar-refractivity contribution is 9.11. The molecule has 2 aromatic rings. The predicted octanol–water partition coefficient (Wildman–Crippen LogP) is 4.20. The number of ether oxygens (including phenoxy) is 1. The van der Waals surface area contributed by atoms with E-state index in [0.717, 1.165) is 38.8 Å². The average Bonchev–Trinajstić information content (AvgIpc) is 3.23. The average molecular weight is 398 g/mol. The van der Waals surface area contributed by atoms with E-state index in [0.29, 0.717) is 6.10 Å². The van der Waals surface area contributed by atoms with E-state index in [1.807, 2.05) is 30.3 Å². The van der Waals surface area contributed by atoms with E-state index in [2.05, 4.69) is 36.8 Å². The number of pyridine rings is 1. The van der Waals surface area contributed by atoms with Gasteiger partial charge >= 0.3 is 0 Å². The molecule has 20 heavy (non-hydrogen) atoms. The Kier molecular flexibility index (Phi) is 4.10. The lowest BCUT2D eigenvalue weighted by Gasteiger charge is -2.14. The molecule has 0 spiro atoms. The van der Waals surface area contributed by atoms with Gasteiger partial charge in [0, 0.05) is 15.1 Å². The molecule has 1 aromatic carbocycles. The van der Waals surface area contributed by atoms with Crippen molar-refractivity contribution in [1.29, 1.82) is 0 Å². The second-order valence-electron chi connectivity index (χ2n) is 4.88. The van der Waals surface area contributed by atoms with Crippen LogP contribution < -0.4 is 10.5 Å². The molecule has 5 heteroatoms. The summed E-state index contributed by atoms with van der Waals surface area (Å²) in [6.07, 6.45) is 4.50. The fourth-order valence-corrected chi connectivity index (χ4v) is 3.18. The van der Waals surface area contributed by atoms with E-state index in [4.69, 9.17) is 10.5 Å². The van der Waals surface area contributed by atoms with Gasteiger partial charge in [0.1, 0.15) is 5.75 Å². The van der Waals surface area contributed by atoms with E-state index in [1.54, 1.807) is 6.20 Å². The highest BCUT2D eigenvalue weighted by atomic mass is 79.9. The minimum atomic E-state index is -0.257. The van der Waals surface area contributed by atoms with Gasteiger partial charge in [0.2, 0.25) is 0 Å². The molecule has 0 bridgehead atoms. The molecule has 3 rings (SSSR count). The van der Waals surface area contributed by atoms with Crippen molar-refractivity contribution in [3.8, 4) is 5.75 Å². The van der Waals surface area contributed by atoms with E-state index >= 15 is 0 Å². The molecule has 104 valence electrons. The van der Waals surface area contributed by atoms with Crippen LogP contribution in [-0.4, -0.2) is 11.1 Å². The highest BCUT2D eigenvalue weighted by Gasteiger charge is 2.23. The van der Waals surface area contributed by atoms with Gasteiger partial charge in [-0.05, 0) is 68.5 Å². The first-order valence-corrected chi connectivity index (χ1v) is 8.05. The molecular weight excluding hydrogens is 384 g/mol. The molecule has 1 saturated carbocycles. The molecule has 1 atom stereocenters. The molecule has 1 heterocycles. The second-order valence-corrected chi connectivity index (χ2v) is 6.65. The van der Waals surface area contributed by atoms with Crippen molar-refractivity contribution in [2.45, 2.75) is 25.0 Å². The van der Waals surface area contributed by atoms with Gasteiger partial charge < -0.3 is 10.5 Å². The molecule has 0 saturated heterocycles. The Morgan fingerprint density at radius 1 is 1.20 bits per heavy atom. The number of rotatable bonds is 4. The molecule has 1 fully saturated rings. The van der Waals surface area contributed by atoms with Crippen LogP contribution in [0.1, 0.15) is 30.1 Å². The van der Waals surface area contributed by atoms with E-state index in [1.165, 1.54) is 0 Å². The number of nitrogens with two attached hydrogens (primary N) is 1. The summed E-state index contributed by atoms with van der Waals surface area (Å²) in [5, 5.41) is 0. The minimum absolute atomic E-state index is 0.257. The van der Waals surface area contributed by atoms with Crippen LogP contribution in [0.2, 0.25) is 0 Å². The van der Waals surface area contributed by atoms with Crippen molar-refractivity contribution in [1.82, 2.24) is 4.98 Å². The van der Waals surface area contributed by atoms with Crippen LogP contribution in [0.3, 0.4) is 0 Å². The van der Waals surface area contributed by atoms with E-state index in [9.17, 15) is 0 Å². The molecular formula is C15H14Br2N2O. The summed E-state index contributed by atoms with van der Waals surface area (Å²) in [5.74, 6) is 0.909. The van der Waals surface area contributed by atoms with Crippen LogP contribution in [0, 0.1) is 0 Å². The van der Waals surface area contributed by atoms with Gasteiger partial charge in [0.25, 0.3) is 0 Å². The summed E-state index contributed by atoms with van der Waals surface area (Å²) in [7, 11) is 0. The minimum Gasteiger partial charge on any atom is -0.490 e. The van der Waals surface area contributed by atoms with Crippen molar-refractivity contribution in [3.05, 3.63) is 56.7 Å². The third-order valence-corrected chi connectivity index (χ3v) is 4.27. The van der Waals surface area contributed by atoms with Crippen molar-refractivity contribution in [2.75, 3.05) is 0 Å². The summed E-state index contributed by atoms with van der Waals surface area (Å²) in [4.78, 5) is 4.38. The van der Waals surface area contributed by atoms with Crippen molar-refractivity contribution in [2.24, 2.45) is 5.73 Å². The zero-order valence-corrected chi connectivity index (χ0v) is 13.9. The van der Waals surface area contributed by atoms with Crippen LogP contribution >= 0.6 is 31.9 Å². The van der Waals surface area contributed by atoms with E-state index < -0.39 is 0 Å². The summed E-state index contributed by atoms with van der Waals surface area (Å²) < 4.78 is 7.56. The molecule has 2 N–H and O–H groups in total. The molecule has 1 aromatic heterocycles. The Balaban J connectivity index is 1.80. The lowest BCUT2D eigenvalue weighted by molar-refractivity contribution is 0.303. The van der Waals surface area contributed by atoms with Gasteiger partial charge in [-0.15, -0.1) is 0 Å². The molecule has 3 nitrogen and oxygen atoms in total. The van der Waals surface area contributed by atoms with Gasteiger partial charge in [-0.1, -0.05) is 12.1 Å². The molecule has 0 radical (unpaired) electrons. The Labute approximate surface area is 134 Å². The van der Waals surface area contributed by atoms with Crippen molar-refractivity contribution in [3.63, 3.8) is 0 Å². The van der Waals surface area contributed by atoms with Crippen LogP contribution in [0.4, 0.5) is 0 Å². The summed E-state index contributed by atoms with van der Waals surface area (Å²) >= 11 is 6.89. The molecule has 1 aliphatic rings. The first kappa shape index (κ1) is 14.0. The predicted molar refractivity (Wildman–Crippen MR) is 85.8 cm³/mol. The lowest BCUT2D eigenvalue weighted by atomic mass is 10.0. The first-order chi connectivity index (χ1) is 9.63. The quantitative estimate of drug-likeness (QED) is 0.840. The number of hydrogen-bond acceptors (Lipinski definition) is 3. The third-order valence-electron chi connectivity index (χ3n) is 3.20. The molecule has 0 aliphatic heterocycles. The second kappa shape index (κ2) is 5.84. The van der Waals surface area contributed by atoms with Gasteiger partial charge in [-0.25, -0.2) is 0 Å². The summed E-state index contributed by atoms with van der Waals surface area (Å²) in [6.45, 7) is 0. The summed E-state index contributed by atoms with van der Waals surface area (Å²) in [5.41, 5.74) is 8.12. The SMILES string of the molecule is NC(c1ccc(OC2CC2)cc1)c1ncc(Br)cc1Br. The zero-order chi connectivity index (χ0) is 14.1. The maximum Gasteiger partial charge on any atom is 0.119 e. The Morgan fingerprint density at radius 3 is 2.50 bits per heavy atom. The number of halogens is 2. The smallest absolute Gasteiger partial charge is 0.119 e. The van der Waals surface area contributed by atoms with Crippen LogP contribution in [0.5, 0.6) is 5.75 Å². The molecule has 1 aliphatic carbocycles. The Bertz CT molecular complexity index is 612. The first-order valence-electron chi connectivity index (χ1n) is 6.46. The van der Waals surface area contributed by atoms with Crippen molar-refractivity contribution < 1.29 is 4.74 Å². The number of nitrogens with zero attached hydrogens (tertiary/aromatic N) is 1. The fraction of sp³-hybridized carbons (Fsp3) is 0.267. The normalized spacial score (nSPS) is 15.9. The standard InChI is InChI=1S/C15H14Br2N2O/c16-10-7-13(17)15(19-8-10)14(18)9-1-3-11(4-2-9)20-12-5-6-12/h1-4,7-8,12,14H,5-6,18H2. The number of benzene rings is 1. The number of hydrogen-bond donors (Lipinski definition) is 1. The van der Waals surface area contributed by atoms with Crippen LogP contribution in [0.15, 0.2) is 45.5 Å². The maximum atomic E-state index is 6.28. The fourth-order valence-electron chi connectivity index (χ4n) is 1.94. The monoisotopic (exact) mass is 396 g/mol. The molecule has 1 unspecified atom stereocenters. The van der Waals surface area contributed by atoms with Gasteiger partial charge in [0.05, 0.1) is 17.8 Å². The van der Waals surface area contributed by atoms with Crippen LogP contribution in [-0.2, 0) is 0 Å². The van der Waals surface area contributed by atoms with Crippen molar-refractivity contribution >= 4 is 31.9 Å². The van der Waals surface area contributed by atoms with Gasteiger partial charge in [-0.3, -0.25) is 4.98 Å². The van der Waals surface area contributed by atoms with E-state index in [-0.39, 0.29) is 6.04 Å². The zero-order valence-electron chi connectivity index (χ0n) is 10.7. The topological polar surface area (TPSA) is 48.1 Å². The lowest BCUT2D eigenvalue weighted by Crippen LogP contribution is -2.14. The Hall–Kier alpha value is -0.910. The Morgan fingerprint density at radius 2 is 1.90 bits per heavy atom. The van der Waals surface area contributed by atoms with Gasteiger partial charge in [-0.2, -0.15) is 0 Å². The third kappa shape index (κ3) is 3.22. The van der Waals surface area contributed by atoms with Gasteiger partial charge in [0.15, 0.2) is 0 Å². The maximum absolute atomic E-state index is 6.28. The molecule has 0 amide bonds.